The van der Waals surface area contributed by atoms with E-state index in [0.717, 1.165) is 0 Å². The lowest BCUT2D eigenvalue weighted by Crippen LogP contribution is -2.32. The van der Waals surface area contributed by atoms with E-state index in [1.807, 2.05) is 6.07 Å². The number of terminal acetylenes is 1. The van der Waals surface area contributed by atoms with Gasteiger partial charge in [0.15, 0.2) is 0 Å². The molecule has 1 N–H and O–H groups in total. The minimum Gasteiger partial charge on any atom is -0.354 e. The molecule has 0 bridgehead atoms. The van der Waals surface area contributed by atoms with E-state index in [2.05, 4.69) is 16.2 Å². The molecule has 5 nitrogen and oxygen atoms in total. The maximum atomic E-state index is 12.1. The molecule has 2 aromatic rings. The van der Waals surface area contributed by atoms with Gasteiger partial charge in [-0.1, -0.05) is 12.1 Å². The van der Waals surface area contributed by atoms with E-state index in [1.165, 1.54) is 10.9 Å². The Hall–Kier alpha value is -2.61. The Labute approximate surface area is 110 Å². The summed E-state index contributed by atoms with van der Waals surface area (Å²) in [7, 11) is 0. The van der Waals surface area contributed by atoms with Gasteiger partial charge in [0.25, 0.3) is 5.56 Å². The molecule has 0 aliphatic rings. The Balaban J connectivity index is 2.18. The topological polar surface area (TPSA) is 64.0 Å². The molecule has 2 rings (SSSR count). The number of rotatable bonds is 4. The average molecular weight is 255 g/mol. The molecule has 0 saturated heterocycles. The van der Waals surface area contributed by atoms with Crippen molar-refractivity contribution in [1.29, 1.82) is 0 Å². The summed E-state index contributed by atoms with van der Waals surface area (Å²) in [6, 6.07) is 7.03. The monoisotopic (exact) mass is 255 g/mol. The maximum Gasteiger partial charge on any atom is 0.261 e. The van der Waals surface area contributed by atoms with Crippen molar-refractivity contribution in [3.63, 3.8) is 0 Å². The first-order chi connectivity index (χ1) is 9.22. The van der Waals surface area contributed by atoms with Crippen LogP contribution in [0, 0.1) is 12.3 Å². The van der Waals surface area contributed by atoms with Crippen molar-refractivity contribution in [2.24, 2.45) is 0 Å². The van der Waals surface area contributed by atoms with Crippen LogP contribution < -0.4 is 10.9 Å². The highest BCUT2D eigenvalue weighted by atomic mass is 16.2. The summed E-state index contributed by atoms with van der Waals surface area (Å²) in [5.74, 6) is 2.17. The number of carbonyl (C=O) groups is 1. The second-order valence-corrected chi connectivity index (χ2v) is 4.00. The molecule has 19 heavy (non-hydrogen) atoms. The number of nitrogens with zero attached hydrogens (tertiary/aromatic N) is 2. The molecule has 0 radical (unpaired) electrons. The van der Waals surface area contributed by atoms with Crippen LogP contribution >= 0.6 is 0 Å². The summed E-state index contributed by atoms with van der Waals surface area (Å²) < 4.78 is 1.29. The number of fused-ring (bicyclic) bond motifs is 1. The van der Waals surface area contributed by atoms with Gasteiger partial charge in [0, 0.05) is 13.0 Å². The smallest absolute Gasteiger partial charge is 0.261 e. The molecule has 1 amide bonds. The van der Waals surface area contributed by atoms with Crippen molar-refractivity contribution >= 4 is 16.8 Å². The van der Waals surface area contributed by atoms with Crippen molar-refractivity contribution in [2.75, 3.05) is 6.54 Å². The number of nitrogens with one attached hydrogen (secondary N) is 1. The molecule has 0 fully saturated rings. The molecule has 1 heterocycles. The molecule has 0 unspecified atom stereocenters. The second-order valence-electron chi connectivity index (χ2n) is 4.00. The molecule has 0 atom stereocenters. The normalized spacial score (nSPS) is 10.1. The third kappa shape index (κ3) is 2.99. The van der Waals surface area contributed by atoms with E-state index in [0.29, 0.717) is 23.9 Å². The summed E-state index contributed by atoms with van der Waals surface area (Å²) in [5.41, 5.74) is 0.397. The Morgan fingerprint density at radius 1 is 1.42 bits per heavy atom. The van der Waals surface area contributed by atoms with E-state index in [-0.39, 0.29) is 18.0 Å². The van der Waals surface area contributed by atoms with Crippen LogP contribution in [0.3, 0.4) is 0 Å². The van der Waals surface area contributed by atoms with Crippen LogP contribution in [0.2, 0.25) is 0 Å². The Kier molecular flexibility index (Phi) is 3.94. The zero-order valence-electron chi connectivity index (χ0n) is 10.3. The molecule has 0 aliphatic heterocycles. The first-order valence-corrected chi connectivity index (χ1v) is 5.86. The maximum absolute atomic E-state index is 12.1. The summed E-state index contributed by atoms with van der Waals surface area (Å²) in [4.78, 5) is 27.9. The highest BCUT2D eigenvalue weighted by molar-refractivity contribution is 5.78. The molecular formula is C14H13N3O2. The first-order valence-electron chi connectivity index (χ1n) is 5.86. The number of carbonyl (C=O) groups excluding carboxylic acids is 1. The molecular weight excluding hydrogens is 242 g/mol. The summed E-state index contributed by atoms with van der Waals surface area (Å²) >= 11 is 0. The molecule has 1 aromatic carbocycles. The van der Waals surface area contributed by atoms with Crippen molar-refractivity contribution in [3.05, 3.63) is 40.9 Å². The van der Waals surface area contributed by atoms with E-state index < -0.39 is 0 Å². The highest BCUT2D eigenvalue weighted by Gasteiger charge is 2.06. The van der Waals surface area contributed by atoms with E-state index >= 15 is 0 Å². The standard InChI is InChI=1S/C14H13N3O2/c1-2-3-8-15-13(18)9-17-10-16-12-7-5-4-6-11(12)14(17)19/h1,4-7,10H,3,8-9H2,(H,15,18). The average Bonchev–Trinajstić information content (AvgIpc) is 2.43. The van der Waals surface area contributed by atoms with Gasteiger partial charge in [-0.3, -0.25) is 14.2 Å². The fraction of sp³-hybridized carbons (Fsp3) is 0.214. The van der Waals surface area contributed by atoms with Gasteiger partial charge in [0.05, 0.1) is 17.2 Å². The van der Waals surface area contributed by atoms with Crippen LogP contribution in [0.25, 0.3) is 10.9 Å². The van der Waals surface area contributed by atoms with E-state index in [9.17, 15) is 9.59 Å². The van der Waals surface area contributed by atoms with E-state index in [1.54, 1.807) is 18.2 Å². The van der Waals surface area contributed by atoms with Crippen molar-refractivity contribution in [3.8, 4) is 12.3 Å². The number of benzene rings is 1. The third-order valence-corrected chi connectivity index (χ3v) is 2.64. The molecule has 0 spiro atoms. The van der Waals surface area contributed by atoms with Crippen molar-refractivity contribution in [2.45, 2.75) is 13.0 Å². The van der Waals surface area contributed by atoms with Crippen molar-refractivity contribution < 1.29 is 4.79 Å². The lowest BCUT2D eigenvalue weighted by molar-refractivity contribution is -0.121. The number of amides is 1. The lowest BCUT2D eigenvalue weighted by atomic mass is 10.2. The number of aromatic nitrogens is 2. The molecule has 0 aliphatic carbocycles. The van der Waals surface area contributed by atoms with Gasteiger partial charge in [0.1, 0.15) is 6.54 Å². The minimum atomic E-state index is -0.255. The van der Waals surface area contributed by atoms with Crippen molar-refractivity contribution in [1.82, 2.24) is 14.9 Å². The van der Waals surface area contributed by atoms with Gasteiger partial charge in [-0.05, 0) is 12.1 Å². The van der Waals surface area contributed by atoms with Crippen LogP contribution in [0.4, 0.5) is 0 Å². The molecule has 96 valence electrons. The van der Waals surface area contributed by atoms with Gasteiger partial charge < -0.3 is 5.32 Å². The van der Waals surface area contributed by atoms with Gasteiger partial charge in [-0.2, -0.15) is 0 Å². The Bertz CT molecular complexity index is 698. The van der Waals surface area contributed by atoms with Crippen LogP contribution in [0.15, 0.2) is 35.4 Å². The van der Waals surface area contributed by atoms with Gasteiger partial charge >= 0.3 is 0 Å². The first kappa shape index (κ1) is 12.8. The predicted octanol–water partition coefficient (Wildman–Crippen LogP) is 0.536. The minimum absolute atomic E-state index is 0.0543. The SMILES string of the molecule is C#CCCNC(=O)Cn1cnc2ccccc2c1=O. The van der Waals surface area contributed by atoms with Gasteiger partial charge in [-0.15, -0.1) is 12.3 Å². The molecule has 0 saturated carbocycles. The number of para-hydroxylation sites is 1. The predicted molar refractivity (Wildman–Crippen MR) is 72.5 cm³/mol. The van der Waals surface area contributed by atoms with Crippen LogP contribution in [-0.2, 0) is 11.3 Å². The van der Waals surface area contributed by atoms with Gasteiger partial charge in [-0.25, -0.2) is 4.98 Å². The fourth-order valence-corrected chi connectivity index (χ4v) is 1.70. The van der Waals surface area contributed by atoms with Crippen LogP contribution in [0.5, 0.6) is 0 Å². The highest BCUT2D eigenvalue weighted by Crippen LogP contribution is 2.04. The van der Waals surface area contributed by atoms with Crippen LogP contribution in [0.1, 0.15) is 6.42 Å². The largest absolute Gasteiger partial charge is 0.354 e. The van der Waals surface area contributed by atoms with Gasteiger partial charge in [0.2, 0.25) is 5.91 Å². The second kappa shape index (κ2) is 5.83. The summed E-state index contributed by atoms with van der Waals surface area (Å²) in [6.45, 7) is 0.354. The summed E-state index contributed by atoms with van der Waals surface area (Å²) in [5, 5.41) is 3.14. The van der Waals surface area contributed by atoms with E-state index in [4.69, 9.17) is 6.42 Å². The molecule has 1 aromatic heterocycles. The lowest BCUT2D eigenvalue weighted by Gasteiger charge is -2.06. The zero-order chi connectivity index (χ0) is 13.7. The zero-order valence-corrected chi connectivity index (χ0v) is 10.3. The Morgan fingerprint density at radius 3 is 3.00 bits per heavy atom. The quantitative estimate of drug-likeness (QED) is 0.640. The number of hydrogen-bond donors (Lipinski definition) is 1. The number of hydrogen-bond acceptors (Lipinski definition) is 3. The summed E-state index contributed by atoms with van der Waals surface area (Å²) in [6.07, 6.45) is 6.94. The van der Waals surface area contributed by atoms with Crippen LogP contribution in [-0.4, -0.2) is 22.0 Å². The third-order valence-electron chi connectivity index (χ3n) is 2.64. The Morgan fingerprint density at radius 2 is 2.21 bits per heavy atom. The molecule has 5 heteroatoms. The fourth-order valence-electron chi connectivity index (χ4n) is 1.70.